The summed E-state index contributed by atoms with van der Waals surface area (Å²) in [7, 11) is 3.60. The lowest BCUT2D eigenvalue weighted by Crippen LogP contribution is -2.76. The van der Waals surface area contributed by atoms with Crippen LogP contribution in [0.15, 0.2) is 42.5 Å². The highest BCUT2D eigenvalue weighted by Crippen LogP contribution is 2.83. The zero-order valence-corrected chi connectivity index (χ0v) is 22.8. The number of aliphatic carboxylic acids is 1. The third-order valence-electron chi connectivity index (χ3n) is 11.7. The summed E-state index contributed by atoms with van der Waals surface area (Å²) in [6.45, 7) is 2.78. The van der Waals surface area contributed by atoms with E-state index in [4.69, 9.17) is 18.9 Å². The highest BCUT2D eigenvalue weighted by atomic mass is 16.6. The van der Waals surface area contributed by atoms with E-state index in [1.165, 1.54) is 16.7 Å². The summed E-state index contributed by atoms with van der Waals surface area (Å²) in [5.41, 5.74) is 3.52. The summed E-state index contributed by atoms with van der Waals surface area (Å²) < 4.78 is 26.0. The van der Waals surface area contributed by atoms with Gasteiger partial charge in [-0.2, -0.15) is 0 Å². The number of ether oxygens (including phenoxy) is 4. The van der Waals surface area contributed by atoms with E-state index in [1.807, 2.05) is 13.2 Å². The topological polar surface area (TPSA) is 77.5 Å². The fraction of sp³-hybridized carbons (Fsp3) is 0.594. The number of carboxylic acids is 1. The van der Waals surface area contributed by atoms with E-state index < -0.39 is 11.6 Å². The number of rotatable bonds is 9. The molecule has 0 radical (unpaired) electrons. The van der Waals surface area contributed by atoms with Crippen molar-refractivity contribution in [2.75, 3.05) is 33.9 Å². The van der Waals surface area contributed by atoms with Crippen LogP contribution in [0.4, 0.5) is 0 Å². The first-order valence-corrected chi connectivity index (χ1v) is 14.4. The van der Waals surface area contributed by atoms with Crippen LogP contribution >= 0.6 is 0 Å². The second-order valence-corrected chi connectivity index (χ2v) is 13.0. The minimum absolute atomic E-state index is 0.00165. The lowest BCUT2D eigenvalue weighted by molar-refractivity contribution is -0.260. The third-order valence-corrected chi connectivity index (χ3v) is 11.7. The maximum atomic E-state index is 11.6. The van der Waals surface area contributed by atoms with Crippen molar-refractivity contribution in [1.29, 1.82) is 0 Å². The first-order chi connectivity index (χ1) is 18.9. The van der Waals surface area contributed by atoms with E-state index in [9.17, 15) is 9.90 Å². The van der Waals surface area contributed by atoms with Crippen LogP contribution < -0.4 is 9.47 Å². The van der Waals surface area contributed by atoms with Crippen molar-refractivity contribution < 1.29 is 28.8 Å². The van der Waals surface area contributed by atoms with Gasteiger partial charge in [0.25, 0.3) is 0 Å². The standard InChI is InChI=1S/C32H37NO6/c1-36-23-9-8-21-14-29-18-31-25(21)26(23)39-28(31)32(37-2)12-11-30(31,27(29)33(19-29)13-10-24(34)35)15-22(32)17-38-16-20-6-4-3-5-7-20/h3-9,22,27-28H,10-19H2,1-2H3,(H,34,35). The van der Waals surface area contributed by atoms with Gasteiger partial charge < -0.3 is 24.1 Å². The molecule has 7 atom stereocenters. The second-order valence-electron chi connectivity index (χ2n) is 13.0. The lowest BCUT2D eigenvalue weighted by Gasteiger charge is -2.68. The molecule has 39 heavy (non-hydrogen) atoms. The molecule has 5 fully saturated rings. The Morgan fingerprint density at radius 1 is 1.15 bits per heavy atom. The van der Waals surface area contributed by atoms with E-state index in [-0.39, 0.29) is 34.7 Å². The lowest BCUT2D eigenvalue weighted by atomic mass is 9.41. The SMILES string of the molecule is COc1ccc2c3c1OC1C4(OC)CCC5(CC4COCc4ccccc4)C4N(CCC(=O)O)CC4(C2)CC315. The van der Waals surface area contributed by atoms with Gasteiger partial charge in [-0.05, 0) is 49.3 Å². The molecule has 1 N–H and O–H groups in total. The van der Waals surface area contributed by atoms with Crippen LogP contribution in [-0.4, -0.2) is 67.6 Å². The molecule has 2 aromatic rings. The first kappa shape index (κ1) is 24.2. The molecule has 7 heteroatoms. The van der Waals surface area contributed by atoms with Gasteiger partial charge in [0.15, 0.2) is 11.5 Å². The fourth-order valence-electron chi connectivity index (χ4n) is 10.8. The van der Waals surface area contributed by atoms with Crippen molar-refractivity contribution in [2.45, 2.75) is 68.3 Å². The Hall–Kier alpha value is -2.61. The number of likely N-dealkylation sites (tertiary alicyclic amines) is 1. The zero-order valence-electron chi connectivity index (χ0n) is 22.8. The molecule has 1 saturated heterocycles. The van der Waals surface area contributed by atoms with Crippen molar-refractivity contribution >= 4 is 5.97 Å². The van der Waals surface area contributed by atoms with Gasteiger partial charge >= 0.3 is 5.97 Å². The van der Waals surface area contributed by atoms with Gasteiger partial charge in [0.1, 0.15) is 11.7 Å². The summed E-state index contributed by atoms with van der Waals surface area (Å²) in [5.74, 6) is 1.21. The van der Waals surface area contributed by atoms with Gasteiger partial charge in [-0.25, -0.2) is 0 Å². The molecule has 5 aliphatic carbocycles. The van der Waals surface area contributed by atoms with Crippen molar-refractivity contribution in [3.05, 3.63) is 59.2 Å². The number of carboxylic acid groups (broad SMARTS) is 1. The minimum atomic E-state index is -0.720. The van der Waals surface area contributed by atoms with Crippen molar-refractivity contribution in [3.8, 4) is 11.5 Å². The summed E-state index contributed by atoms with van der Waals surface area (Å²) in [5, 5.41) is 9.52. The third kappa shape index (κ3) is 2.77. The number of carbonyl (C=O) groups is 1. The minimum Gasteiger partial charge on any atom is -0.493 e. The largest absolute Gasteiger partial charge is 0.493 e. The normalized spacial score (nSPS) is 40.0. The quantitative estimate of drug-likeness (QED) is 0.520. The number of hydrogen-bond donors (Lipinski definition) is 1. The highest BCUT2D eigenvalue weighted by molar-refractivity contribution is 5.67. The maximum absolute atomic E-state index is 11.6. The molecule has 9 rings (SSSR count). The number of fused-ring (bicyclic) bond motifs is 2. The van der Waals surface area contributed by atoms with Crippen LogP contribution in [0.3, 0.4) is 0 Å². The predicted octanol–water partition coefficient (Wildman–Crippen LogP) is 4.20. The predicted molar refractivity (Wildman–Crippen MR) is 143 cm³/mol. The Bertz CT molecular complexity index is 1350. The number of methoxy groups -OCH3 is 2. The van der Waals surface area contributed by atoms with Crippen LogP contribution in [0.1, 0.15) is 48.8 Å². The average Bonchev–Trinajstić information content (AvgIpc) is 3.37. The molecule has 0 aromatic heterocycles. The van der Waals surface area contributed by atoms with Crippen molar-refractivity contribution in [3.63, 3.8) is 0 Å². The Morgan fingerprint density at radius 3 is 2.77 bits per heavy atom. The Kier molecular flexibility index (Phi) is 4.96. The van der Waals surface area contributed by atoms with Gasteiger partial charge in [0, 0.05) is 54.0 Å². The highest BCUT2D eigenvalue weighted by Gasteiger charge is 2.87. The van der Waals surface area contributed by atoms with E-state index in [0.717, 1.165) is 50.1 Å². The van der Waals surface area contributed by atoms with E-state index in [0.29, 0.717) is 25.8 Å². The zero-order chi connectivity index (χ0) is 26.6. The number of hydrogen-bond acceptors (Lipinski definition) is 6. The van der Waals surface area contributed by atoms with Crippen LogP contribution in [0.25, 0.3) is 0 Å². The molecule has 2 aliphatic heterocycles. The second kappa shape index (κ2) is 7.99. The molecule has 206 valence electrons. The smallest absolute Gasteiger partial charge is 0.304 e. The molecule has 2 aromatic carbocycles. The van der Waals surface area contributed by atoms with Crippen molar-refractivity contribution in [1.82, 2.24) is 4.90 Å². The fourth-order valence-corrected chi connectivity index (χ4v) is 10.8. The van der Waals surface area contributed by atoms with E-state index >= 15 is 0 Å². The van der Waals surface area contributed by atoms with Gasteiger partial charge in [0.2, 0.25) is 0 Å². The van der Waals surface area contributed by atoms with Crippen LogP contribution in [0.5, 0.6) is 11.5 Å². The van der Waals surface area contributed by atoms with Gasteiger partial charge in [-0.15, -0.1) is 0 Å². The first-order valence-electron chi connectivity index (χ1n) is 14.4. The monoisotopic (exact) mass is 531 g/mol. The molecular weight excluding hydrogens is 494 g/mol. The number of nitrogens with zero attached hydrogens (tertiary/aromatic N) is 1. The molecule has 2 heterocycles. The molecule has 4 bridgehead atoms. The molecule has 0 amide bonds. The van der Waals surface area contributed by atoms with Gasteiger partial charge in [-0.1, -0.05) is 36.4 Å². The average molecular weight is 532 g/mol. The van der Waals surface area contributed by atoms with Gasteiger partial charge in [-0.3, -0.25) is 9.69 Å². The molecular formula is C32H37NO6. The Labute approximate surface area is 229 Å². The van der Waals surface area contributed by atoms with E-state index in [2.05, 4.69) is 41.3 Å². The summed E-state index contributed by atoms with van der Waals surface area (Å²) in [6, 6.07) is 15.0. The maximum Gasteiger partial charge on any atom is 0.304 e. The van der Waals surface area contributed by atoms with Crippen LogP contribution in [0, 0.1) is 16.7 Å². The van der Waals surface area contributed by atoms with Crippen molar-refractivity contribution in [2.24, 2.45) is 16.7 Å². The van der Waals surface area contributed by atoms with E-state index in [1.54, 1.807) is 7.11 Å². The number of benzene rings is 2. The summed E-state index contributed by atoms with van der Waals surface area (Å²) in [6.07, 6.45) is 5.23. The van der Waals surface area contributed by atoms with Crippen LogP contribution in [-0.2, 0) is 32.7 Å². The molecule has 7 nitrogen and oxygen atoms in total. The Balaban J connectivity index is 1.23. The van der Waals surface area contributed by atoms with Crippen LogP contribution in [0.2, 0.25) is 0 Å². The molecule has 4 saturated carbocycles. The molecule has 7 unspecified atom stereocenters. The Morgan fingerprint density at radius 2 is 2.00 bits per heavy atom. The molecule has 3 spiro atoms. The molecule has 7 aliphatic rings. The van der Waals surface area contributed by atoms with Gasteiger partial charge in [0.05, 0.1) is 26.7 Å². The summed E-state index contributed by atoms with van der Waals surface area (Å²) in [4.78, 5) is 14.1. The summed E-state index contributed by atoms with van der Waals surface area (Å²) >= 11 is 0.